The smallest absolute Gasteiger partial charge is 0.227 e. The van der Waals surface area contributed by atoms with E-state index in [0.717, 1.165) is 55.2 Å². The van der Waals surface area contributed by atoms with Gasteiger partial charge in [-0.1, -0.05) is 42.6 Å². The van der Waals surface area contributed by atoms with E-state index in [4.69, 9.17) is 11.6 Å². The summed E-state index contributed by atoms with van der Waals surface area (Å²) in [7, 11) is 0. The molecule has 148 valence electrons. The first-order chi connectivity index (χ1) is 13.7. The largest absolute Gasteiger partial charge is 0.380 e. The minimum Gasteiger partial charge on any atom is -0.380 e. The van der Waals surface area contributed by atoms with Crippen LogP contribution in [0.3, 0.4) is 0 Å². The number of hydrogen-bond acceptors (Lipinski definition) is 3. The predicted molar refractivity (Wildman–Crippen MR) is 116 cm³/mol. The number of anilines is 2. The molecule has 1 saturated carbocycles. The fraction of sp³-hybridized carbons (Fsp3) is 0.435. The molecular formula is C23H28ClN3O. The molecule has 28 heavy (non-hydrogen) atoms. The summed E-state index contributed by atoms with van der Waals surface area (Å²) in [6.45, 7) is 2.71. The van der Waals surface area contributed by atoms with E-state index in [1.165, 1.54) is 29.5 Å². The van der Waals surface area contributed by atoms with Crippen LogP contribution in [0.4, 0.5) is 11.4 Å². The molecule has 0 unspecified atom stereocenters. The summed E-state index contributed by atoms with van der Waals surface area (Å²) in [5.41, 5.74) is 5.80. The molecule has 3 N–H and O–H groups in total. The Labute approximate surface area is 172 Å². The van der Waals surface area contributed by atoms with E-state index in [9.17, 15) is 4.79 Å². The molecule has 1 heterocycles. The van der Waals surface area contributed by atoms with Crippen LogP contribution >= 0.6 is 11.6 Å². The van der Waals surface area contributed by atoms with Crippen LogP contribution in [0, 0.1) is 5.92 Å². The highest BCUT2D eigenvalue weighted by Gasteiger charge is 2.22. The predicted octanol–water partition coefficient (Wildman–Crippen LogP) is 4.77. The van der Waals surface area contributed by atoms with Gasteiger partial charge in [0, 0.05) is 18.2 Å². The summed E-state index contributed by atoms with van der Waals surface area (Å²) in [5, 5.41) is 10.8. The van der Waals surface area contributed by atoms with Crippen molar-refractivity contribution in [2.24, 2.45) is 5.92 Å². The Morgan fingerprint density at radius 3 is 2.57 bits per heavy atom. The van der Waals surface area contributed by atoms with Crippen LogP contribution in [0.25, 0.3) is 0 Å². The van der Waals surface area contributed by atoms with Crippen LogP contribution in [0.2, 0.25) is 5.02 Å². The molecule has 1 aliphatic heterocycles. The van der Waals surface area contributed by atoms with Gasteiger partial charge in [-0.05, 0) is 73.7 Å². The molecule has 2 aliphatic rings. The summed E-state index contributed by atoms with van der Waals surface area (Å²) >= 11 is 6.50. The second-order valence-corrected chi connectivity index (χ2v) is 8.24. The lowest BCUT2D eigenvalue weighted by molar-refractivity contribution is -0.119. The molecule has 4 rings (SSSR count). The number of nitrogens with one attached hydrogen (secondary N) is 3. The lowest BCUT2D eigenvalue weighted by Crippen LogP contribution is -2.20. The number of carbonyl (C=O) groups excluding carboxylic acids is 1. The molecule has 2 aromatic rings. The highest BCUT2D eigenvalue weighted by Crippen LogP contribution is 2.31. The van der Waals surface area contributed by atoms with E-state index in [-0.39, 0.29) is 11.8 Å². The molecule has 0 aromatic heterocycles. The molecule has 0 radical (unpaired) electrons. The Morgan fingerprint density at radius 2 is 1.79 bits per heavy atom. The van der Waals surface area contributed by atoms with Gasteiger partial charge in [-0.15, -0.1) is 0 Å². The van der Waals surface area contributed by atoms with Gasteiger partial charge >= 0.3 is 0 Å². The lowest BCUT2D eigenvalue weighted by Gasteiger charge is -2.16. The first kappa shape index (κ1) is 19.3. The van der Waals surface area contributed by atoms with Gasteiger partial charge in [0.15, 0.2) is 0 Å². The monoisotopic (exact) mass is 397 g/mol. The third kappa shape index (κ3) is 4.50. The number of benzene rings is 2. The molecule has 0 atom stereocenters. The Hall–Kier alpha value is -2.04. The Bertz CT molecular complexity index is 828. The van der Waals surface area contributed by atoms with Gasteiger partial charge in [0.05, 0.1) is 10.7 Å². The van der Waals surface area contributed by atoms with E-state index in [0.29, 0.717) is 6.54 Å². The third-order valence-electron chi connectivity index (χ3n) is 5.90. The fourth-order valence-electron chi connectivity index (χ4n) is 4.26. The van der Waals surface area contributed by atoms with Crippen molar-refractivity contribution in [1.29, 1.82) is 0 Å². The van der Waals surface area contributed by atoms with Crippen LogP contribution in [0.15, 0.2) is 36.4 Å². The molecule has 2 aromatic carbocycles. The summed E-state index contributed by atoms with van der Waals surface area (Å²) in [5.74, 6) is 0.349. The first-order valence-corrected chi connectivity index (χ1v) is 10.7. The number of fused-ring (bicyclic) bond motifs is 1. The zero-order valence-electron chi connectivity index (χ0n) is 16.2. The highest BCUT2D eigenvalue weighted by molar-refractivity contribution is 6.33. The summed E-state index contributed by atoms with van der Waals surface area (Å²) in [4.78, 5) is 12.3. The molecule has 0 bridgehead atoms. The lowest BCUT2D eigenvalue weighted by atomic mass is 10.0. The van der Waals surface area contributed by atoms with Crippen molar-refractivity contribution >= 4 is 28.9 Å². The van der Waals surface area contributed by atoms with Crippen LogP contribution in [-0.4, -0.2) is 19.0 Å². The molecule has 4 nitrogen and oxygen atoms in total. The number of rotatable bonds is 5. The van der Waals surface area contributed by atoms with E-state index >= 15 is 0 Å². The van der Waals surface area contributed by atoms with Gasteiger partial charge in [0.1, 0.15) is 0 Å². The topological polar surface area (TPSA) is 53.2 Å². The average molecular weight is 398 g/mol. The van der Waals surface area contributed by atoms with Crippen molar-refractivity contribution < 1.29 is 4.79 Å². The molecular weight excluding hydrogens is 370 g/mol. The minimum absolute atomic E-state index is 0.163. The summed E-state index contributed by atoms with van der Waals surface area (Å²) < 4.78 is 0. The van der Waals surface area contributed by atoms with E-state index in [2.05, 4.69) is 34.1 Å². The quantitative estimate of drug-likeness (QED) is 0.681. The number of carbonyl (C=O) groups is 1. The average Bonchev–Trinajstić information content (AvgIpc) is 3.14. The molecule has 1 aliphatic carbocycles. The Morgan fingerprint density at radius 1 is 1.04 bits per heavy atom. The Kier molecular flexibility index (Phi) is 6.18. The van der Waals surface area contributed by atoms with Crippen LogP contribution in [0.1, 0.15) is 42.4 Å². The third-order valence-corrected chi connectivity index (χ3v) is 6.21. The van der Waals surface area contributed by atoms with Gasteiger partial charge in [-0.3, -0.25) is 4.79 Å². The Balaban J connectivity index is 1.39. The van der Waals surface area contributed by atoms with Crippen molar-refractivity contribution in [2.75, 3.05) is 23.7 Å². The van der Waals surface area contributed by atoms with Crippen molar-refractivity contribution in [1.82, 2.24) is 5.32 Å². The zero-order valence-corrected chi connectivity index (χ0v) is 16.9. The molecule has 1 amide bonds. The van der Waals surface area contributed by atoms with Crippen LogP contribution < -0.4 is 16.0 Å². The molecule has 1 fully saturated rings. The van der Waals surface area contributed by atoms with Gasteiger partial charge < -0.3 is 16.0 Å². The standard InChI is InChI=1S/C23H28ClN3O/c24-21-10-7-17-11-13-25-14-12-20(17)22(21)26-15-16-5-8-19(9-6-16)27-23(28)18-3-1-2-4-18/h5-10,18,25-26H,1-4,11-15H2,(H,27,28). The van der Waals surface area contributed by atoms with Gasteiger partial charge in [0.25, 0.3) is 0 Å². The van der Waals surface area contributed by atoms with Crippen molar-refractivity contribution in [3.05, 3.63) is 58.1 Å². The van der Waals surface area contributed by atoms with E-state index in [1.54, 1.807) is 0 Å². The normalized spacial score (nSPS) is 17.0. The van der Waals surface area contributed by atoms with Crippen molar-refractivity contribution in [2.45, 2.75) is 45.1 Å². The molecule has 5 heteroatoms. The molecule has 0 saturated heterocycles. The van der Waals surface area contributed by atoms with E-state index < -0.39 is 0 Å². The highest BCUT2D eigenvalue weighted by atomic mass is 35.5. The first-order valence-electron chi connectivity index (χ1n) is 10.4. The maximum Gasteiger partial charge on any atom is 0.227 e. The van der Waals surface area contributed by atoms with Crippen LogP contribution in [0.5, 0.6) is 0 Å². The SMILES string of the molecule is O=C(Nc1ccc(CNc2c(Cl)ccc3c2CCNCC3)cc1)C1CCCC1. The van der Waals surface area contributed by atoms with Crippen LogP contribution in [-0.2, 0) is 24.2 Å². The zero-order chi connectivity index (χ0) is 19.3. The maximum absolute atomic E-state index is 12.3. The van der Waals surface area contributed by atoms with Gasteiger partial charge in [0.2, 0.25) is 5.91 Å². The van der Waals surface area contributed by atoms with Crippen molar-refractivity contribution in [3.63, 3.8) is 0 Å². The second-order valence-electron chi connectivity index (χ2n) is 7.83. The van der Waals surface area contributed by atoms with Crippen molar-refractivity contribution in [3.8, 4) is 0 Å². The number of hydrogen-bond donors (Lipinski definition) is 3. The fourth-order valence-corrected chi connectivity index (χ4v) is 4.51. The summed E-state index contributed by atoms with van der Waals surface area (Å²) in [6, 6.07) is 12.2. The van der Waals surface area contributed by atoms with E-state index in [1.807, 2.05) is 18.2 Å². The summed E-state index contributed by atoms with van der Waals surface area (Å²) in [6.07, 6.45) is 6.41. The minimum atomic E-state index is 0.163. The van der Waals surface area contributed by atoms with Gasteiger partial charge in [-0.2, -0.15) is 0 Å². The maximum atomic E-state index is 12.3. The number of amides is 1. The molecule has 0 spiro atoms. The second kappa shape index (κ2) is 8.97. The van der Waals surface area contributed by atoms with Gasteiger partial charge in [-0.25, -0.2) is 0 Å². The number of halogens is 1.